The Labute approximate surface area is 140 Å². The van der Waals surface area contributed by atoms with Gasteiger partial charge in [-0.05, 0) is 42.8 Å². The summed E-state index contributed by atoms with van der Waals surface area (Å²) >= 11 is 0. The molecule has 124 valence electrons. The van der Waals surface area contributed by atoms with E-state index in [1.165, 1.54) is 12.3 Å². The molecular weight excluding hydrogens is 306 g/mol. The number of nitrogens with zero attached hydrogens (tertiary/aromatic N) is 1. The van der Waals surface area contributed by atoms with Gasteiger partial charge in [0.1, 0.15) is 5.75 Å². The summed E-state index contributed by atoms with van der Waals surface area (Å²) in [7, 11) is 0. The molecule has 0 aliphatic heterocycles. The maximum Gasteiger partial charge on any atom is 0.271 e. The van der Waals surface area contributed by atoms with Crippen LogP contribution in [0.4, 0.5) is 5.69 Å². The van der Waals surface area contributed by atoms with Crippen LogP contribution in [0.3, 0.4) is 0 Å². The number of carbonyl (C=O) groups is 2. The highest BCUT2D eigenvalue weighted by Gasteiger charge is 2.05. The van der Waals surface area contributed by atoms with E-state index in [2.05, 4.69) is 15.8 Å². The third kappa shape index (κ3) is 4.95. The molecule has 2 amide bonds. The van der Waals surface area contributed by atoms with Crippen molar-refractivity contribution in [2.24, 2.45) is 5.10 Å². The average molecular weight is 325 g/mol. The summed E-state index contributed by atoms with van der Waals surface area (Å²) in [5, 5.41) is 16.2. The molecule has 0 spiro atoms. The molecule has 2 aromatic carbocycles. The molecule has 0 fully saturated rings. The minimum Gasteiger partial charge on any atom is -0.507 e. The number of hydrogen-bond donors (Lipinski definition) is 3. The highest BCUT2D eigenvalue weighted by Crippen LogP contribution is 2.13. The normalized spacial score (nSPS) is 10.5. The Morgan fingerprint density at radius 1 is 1.12 bits per heavy atom. The second-order valence-electron chi connectivity index (χ2n) is 5.13. The van der Waals surface area contributed by atoms with Gasteiger partial charge in [0, 0.05) is 23.2 Å². The van der Waals surface area contributed by atoms with Crippen LogP contribution in [0.15, 0.2) is 53.6 Å². The van der Waals surface area contributed by atoms with Crippen molar-refractivity contribution in [3.05, 3.63) is 59.7 Å². The van der Waals surface area contributed by atoms with Crippen molar-refractivity contribution in [1.29, 1.82) is 0 Å². The van der Waals surface area contributed by atoms with E-state index in [4.69, 9.17) is 0 Å². The maximum absolute atomic E-state index is 12.0. The largest absolute Gasteiger partial charge is 0.507 e. The molecule has 0 heterocycles. The Morgan fingerprint density at radius 2 is 1.83 bits per heavy atom. The number of para-hydroxylation sites is 1. The summed E-state index contributed by atoms with van der Waals surface area (Å²) in [6, 6.07) is 13.2. The van der Waals surface area contributed by atoms with Crippen LogP contribution < -0.4 is 10.7 Å². The van der Waals surface area contributed by atoms with Gasteiger partial charge in [0.2, 0.25) is 5.91 Å². The minimum atomic E-state index is -0.381. The number of amides is 2. The fourth-order valence-electron chi connectivity index (χ4n) is 1.98. The summed E-state index contributed by atoms with van der Waals surface area (Å²) in [4.78, 5) is 23.5. The molecule has 3 N–H and O–H groups in total. The second-order valence-corrected chi connectivity index (χ2v) is 5.13. The fraction of sp³-hybridized carbons (Fsp3) is 0.167. The van der Waals surface area contributed by atoms with Crippen LogP contribution >= 0.6 is 0 Å². The third-order valence-corrected chi connectivity index (χ3v) is 3.21. The predicted molar refractivity (Wildman–Crippen MR) is 93.1 cm³/mol. The van der Waals surface area contributed by atoms with Crippen LogP contribution in [-0.2, 0) is 4.79 Å². The van der Waals surface area contributed by atoms with Crippen LogP contribution in [0.2, 0.25) is 0 Å². The predicted octanol–water partition coefficient (Wildman–Crippen LogP) is 2.89. The van der Waals surface area contributed by atoms with Crippen molar-refractivity contribution in [3.63, 3.8) is 0 Å². The topological polar surface area (TPSA) is 90.8 Å². The van der Waals surface area contributed by atoms with Gasteiger partial charge in [-0.3, -0.25) is 9.59 Å². The quantitative estimate of drug-likeness (QED) is 0.563. The van der Waals surface area contributed by atoms with E-state index in [0.29, 0.717) is 23.2 Å². The number of benzene rings is 2. The number of phenolic OH excluding ortho intramolecular Hbond substituents is 1. The van der Waals surface area contributed by atoms with Crippen LogP contribution in [0, 0.1) is 0 Å². The highest BCUT2D eigenvalue weighted by molar-refractivity contribution is 5.96. The second kappa shape index (κ2) is 8.47. The SMILES string of the molecule is CCCC(=O)Nc1ccc(C(=O)N/N=C/c2ccccc2O)cc1. The Kier molecular flexibility index (Phi) is 6.08. The number of nitrogens with one attached hydrogen (secondary N) is 2. The van der Waals surface area contributed by atoms with Gasteiger partial charge in [0.25, 0.3) is 5.91 Å². The van der Waals surface area contributed by atoms with Gasteiger partial charge in [-0.25, -0.2) is 5.43 Å². The maximum atomic E-state index is 12.0. The zero-order valence-electron chi connectivity index (χ0n) is 13.3. The summed E-state index contributed by atoms with van der Waals surface area (Å²) in [6.07, 6.45) is 2.61. The number of aromatic hydroxyl groups is 1. The molecular formula is C18H19N3O3. The molecule has 2 rings (SSSR count). The molecule has 0 aliphatic rings. The summed E-state index contributed by atoms with van der Waals surface area (Å²) < 4.78 is 0. The number of hydrazone groups is 1. The van der Waals surface area contributed by atoms with Crippen molar-refractivity contribution >= 4 is 23.7 Å². The van der Waals surface area contributed by atoms with E-state index in [-0.39, 0.29) is 17.6 Å². The lowest BCUT2D eigenvalue weighted by Crippen LogP contribution is -2.17. The highest BCUT2D eigenvalue weighted by atomic mass is 16.3. The molecule has 0 aliphatic carbocycles. The Hall–Kier alpha value is -3.15. The molecule has 0 radical (unpaired) electrons. The number of carbonyl (C=O) groups excluding carboxylic acids is 2. The van der Waals surface area contributed by atoms with E-state index in [1.807, 2.05) is 6.92 Å². The summed E-state index contributed by atoms with van der Waals surface area (Å²) in [5.74, 6) is -0.349. The van der Waals surface area contributed by atoms with Crippen molar-refractivity contribution in [1.82, 2.24) is 5.43 Å². The Bertz CT molecular complexity index is 739. The summed E-state index contributed by atoms with van der Waals surface area (Å²) in [5.41, 5.74) is 3.95. The standard InChI is InChI=1S/C18H19N3O3/c1-2-5-17(23)20-15-10-8-13(9-11-15)18(24)21-19-12-14-6-3-4-7-16(14)22/h3-4,6-12,22H,2,5H2,1H3,(H,20,23)(H,21,24)/b19-12+. The monoisotopic (exact) mass is 325 g/mol. The van der Waals surface area contributed by atoms with Crippen molar-refractivity contribution in [2.45, 2.75) is 19.8 Å². The number of anilines is 1. The number of rotatable bonds is 6. The minimum absolute atomic E-state index is 0.0537. The molecule has 6 heteroatoms. The van der Waals surface area contributed by atoms with Crippen LogP contribution in [0.25, 0.3) is 0 Å². The van der Waals surface area contributed by atoms with Gasteiger partial charge >= 0.3 is 0 Å². The fourth-order valence-corrected chi connectivity index (χ4v) is 1.98. The van der Waals surface area contributed by atoms with Gasteiger partial charge in [-0.1, -0.05) is 19.1 Å². The number of hydrogen-bond acceptors (Lipinski definition) is 4. The first-order valence-corrected chi connectivity index (χ1v) is 7.61. The van der Waals surface area contributed by atoms with Crippen molar-refractivity contribution in [3.8, 4) is 5.75 Å². The molecule has 0 saturated carbocycles. The van der Waals surface area contributed by atoms with Crippen LogP contribution in [-0.4, -0.2) is 23.1 Å². The molecule has 0 saturated heterocycles. The zero-order valence-corrected chi connectivity index (χ0v) is 13.3. The van der Waals surface area contributed by atoms with Gasteiger partial charge in [0.05, 0.1) is 6.21 Å². The van der Waals surface area contributed by atoms with E-state index >= 15 is 0 Å². The van der Waals surface area contributed by atoms with Gasteiger partial charge in [0.15, 0.2) is 0 Å². The average Bonchev–Trinajstić information content (AvgIpc) is 2.57. The lowest BCUT2D eigenvalue weighted by molar-refractivity contribution is -0.116. The molecule has 0 atom stereocenters. The molecule has 6 nitrogen and oxygen atoms in total. The van der Waals surface area contributed by atoms with E-state index < -0.39 is 0 Å². The smallest absolute Gasteiger partial charge is 0.271 e. The van der Waals surface area contributed by atoms with Crippen LogP contribution in [0.1, 0.15) is 35.7 Å². The summed E-state index contributed by atoms with van der Waals surface area (Å²) in [6.45, 7) is 1.93. The Morgan fingerprint density at radius 3 is 2.50 bits per heavy atom. The zero-order chi connectivity index (χ0) is 17.4. The first-order valence-electron chi connectivity index (χ1n) is 7.61. The van der Waals surface area contributed by atoms with Gasteiger partial charge in [-0.2, -0.15) is 5.10 Å². The lowest BCUT2D eigenvalue weighted by atomic mass is 10.2. The Balaban J connectivity index is 1.93. The van der Waals surface area contributed by atoms with Crippen molar-refractivity contribution in [2.75, 3.05) is 5.32 Å². The molecule has 24 heavy (non-hydrogen) atoms. The van der Waals surface area contributed by atoms with E-state index in [1.54, 1.807) is 42.5 Å². The molecule has 0 aromatic heterocycles. The number of phenols is 1. The lowest BCUT2D eigenvalue weighted by Gasteiger charge is -2.05. The van der Waals surface area contributed by atoms with Gasteiger partial charge < -0.3 is 10.4 Å². The van der Waals surface area contributed by atoms with Crippen LogP contribution in [0.5, 0.6) is 5.75 Å². The molecule has 0 bridgehead atoms. The van der Waals surface area contributed by atoms with Crippen molar-refractivity contribution < 1.29 is 14.7 Å². The first kappa shape index (κ1) is 17.2. The van der Waals surface area contributed by atoms with E-state index in [9.17, 15) is 14.7 Å². The molecule has 2 aromatic rings. The first-order chi connectivity index (χ1) is 11.6. The van der Waals surface area contributed by atoms with E-state index in [0.717, 1.165) is 6.42 Å². The van der Waals surface area contributed by atoms with Gasteiger partial charge in [-0.15, -0.1) is 0 Å². The molecule has 0 unspecified atom stereocenters. The third-order valence-electron chi connectivity index (χ3n) is 3.21.